The SMILES string of the molecule is CCOc1nc(NCc2ccc(F)cc2)nc2ccc(-c3ccc4[nH]ncc4c3)nc12. The van der Waals surface area contributed by atoms with Gasteiger partial charge in [-0.1, -0.05) is 18.2 Å². The number of rotatable bonds is 6. The Hall–Kier alpha value is -4.07. The van der Waals surface area contributed by atoms with Gasteiger partial charge in [-0.3, -0.25) is 5.10 Å². The lowest BCUT2D eigenvalue weighted by molar-refractivity contribution is 0.330. The van der Waals surface area contributed by atoms with Gasteiger partial charge in [0.25, 0.3) is 0 Å². The lowest BCUT2D eigenvalue weighted by atomic mass is 10.1. The van der Waals surface area contributed by atoms with Crippen molar-refractivity contribution >= 4 is 27.9 Å². The van der Waals surface area contributed by atoms with Gasteiger partial charge < -0.3 is 10.1 Å². The second kappa shape index (κ2) is 7.98. The molecule has 0 fully saturated rings. The minimum Gasteiger partial charge on any atom is -0.476 e. The molecule has 3 aromatic heterocycles. The fraction of sp³-hybridized carbons (Fsp3) is 0.130. The predicted molar refractivity (Wildman–Crippen MR) is 117 cm³/mol. The highest BCUT2D eigenvalue weighted by molar-refractivity contribution is 5.86. The Morgan fingerprint density at radius 2 is 1.87 bits per heavy atom. The molecule has 0 saturated carbocycles. The molecule has 0 aliphatic carbocycles. The van der Waals surface area contributed by atoms with Crippen molar-refractivity contribution in [2.75, 3.05) is 11.9 Å². The lowest BCUT2D eigenvalue weighted by Crippen LogP contribution is -2.07. The van der Waals surface area contributed by atoms with Crippen LogP contribution in [-0.2, 0) is 6.54 Å². The number of hydrogen-bond acceptors (Lipinski definition) is 6. The summed E-state index contributed by atoms with van der Waals surface area (Å²) in [6.07, 6.45) is 1.79. The molecule has 0 aliphatic rings. The number of ether oxygens (including phenoxy) is 1. The number of nitrogens with zero attached hydrogens (tertiary/aromatic N) is 4. The Labute approximate surface area is 177 Å². The first-order valence-electron chi connectivity index (χ1n) is 9.93. The van der Waals surface area contributed by atoms with Crippen molar-refractivity contribution in [1.82, 2.24) is 25.1 Å². The zero-order chi connectivity index (χ0) is 21.2. The largest absolute Gasteiger partial charge is 0.476 e. The van der Waals surface area contributed by atoms with Gasteiger partial charge in [0.15, 0.2) is 5.52 Å². The van der Waals surface area contributed by atoms with Crippen molar-refractivity contribution < 1.29 is 9.13 Å². The number of halogens is 1. The summed E-state index contributed by atoms with van der Waals surface area (Å²) in [4.78, 5) is 13.9. The smallest absolute Gasteiger partial charge is 0.245 e. The third-order valence-corrected chi connectivity index (χ3v) is 4.89. The molecule has 2 aromatic carbocycles. The first kappa shape index (κ1) is 18.9. The topological polar surface area (TPSA) is 88.6 Å². The Balaban J connectivity index is 1.49. The third-order valence-electron chi connectivity index (χ3n) is 4.89. The molecule has 31 heavy (non-hydrogen) atoms. The first-order chi connectivity index (χ1) is 15.2. The van der Waals surface area contributed by atoms with Gasteiger partial charge in [-0.15, -0.1) is 0 Å². The van der Waals surface area contributed by atoms with E-state index >= 15 is 0 Å². The highest BCUT2D eigenvalue weighted by Gasteiger charge is 2.13. The summed E-state index contributed by atoms with van der Waals surface area (Å²) in [5.41, 5.74) is 4.93. The predicted octanol–water partition coefficient (Wildman–Crippen LogP) is 4.72. The van der Waals surface area contributed by atoms with E-state index in [4.69, 9.17) is 9.72 Å². The molecule has 5 rings (SSSR count). The van der Waals surface area contributed by atoms with Crippen LogP contribution in [0.25, 0.3) is 33.2 Å². The average molecular weight is 414 g/mol. The van der Waals surface area contributed by atoms with E-state index in [-0.39, 0.29) is 5.82 Å². The Morgan fingerprint density at radius 1 is 1.00 bits per heavy atom. The maximum atomic E-state index is 13.1. The summed E-state index contributed by atoms with van der Waals surface area (Å²) in [6, 6.07) is 16.1. The number of nitrogens with one attached hydrogen (secondary N) is 2. The van der Waals surface area contributed by atoms with Gasteiger partial charge in [0, 0.05) is 17.5 Å². The molecule has 0 atom stereocenters. The summed E-state index contributed by atoms with van der Waals surface area (Å²) >= 11 is 0. The van der Waals surface area contributed by atoms with Crippen molar-refractivity contribution in [3.8, 4) is 17.1 Å². The van der Waals surface area contributed by atoms with E-state index in [1.807, 2.05) is 37.3 Å². The van der Waals surface area contributed by atoms with E-state index in [9.17, 15) is 4.39 Å². The van der Waals surface area contributed by atoms with Crippen molar-refractivity contribution in [1.29, 1.82) is 0 Å². The third kappa shape index (κ3) is 3.87. The number of aromatic nitrogens is 5. The van der Waals surface area contributed by atoms with Crippen LogP contribution in [0.15, 0.2) is 60.8 Å². The fourth-order valence-corrected chi connectivity index (χ4v) is 3.35. The van der Waals surface area contributed by atoms with E-state index in [0.29, 0.717) is 36.0 Å². The summed E-state index contributed by atoms with van der Waals surface area (Å²) in [7, 11) is 0. The number of anilines is 1. The average Bonchev–Trinajstić information content (AvgIpc) is 3.27. The molecule has 0 radical (unpaired) electrons. The maximum Gasteiger partial charge on any atom is 0.245 e. The molecule has 0 amide bonds. The number of H-pyrrole nitrogens is 1. The summed E-state index contributed by atoms with van der Waals surface area (Å²) in [6.45, 7) is 2.82. The molecular formula is C23H19FN6O. The minimum absolute atomic E-state index is 0.266. The highest BCUT2D eigenvalue weighted by Crippen LogP contribution is 2.28. The van der Waals surface area contributed by atoms with E-state index in [1.165, 1.54) is 12.1 Å². The van der Waals surface area contributed by atoms with Crippen LogP contribution in [0, 0.1) is 5.82 Å². The molecule has 0 spiro atoms. The van der Waals surface area contributed by atoms with Crippen molar-refractivity contribution in [3.63, 3.8) is 0 Å². The zero-order valence-corrected chi connectivity index (χ0v) is 16.8. The Kier molecular flexibility index (Phi) is 4.87. The van der Waals surface area contributed by atoms with Crippen LogP contribution in [-0.4, -0.2) is 31.8 Å². The normalized spacial score (nSPS) is 11.2. The zero-order valence-electron chi connectivity index (χ0n) is 16.8. The molecule has 7 nitrogen and oxygen atoms in total. The van der Waals surface area contributed by atoms with Crippen molar-refractivity contribution in [3.05, 3.63) is 72.2 Å². The molecule has 154 valence electrons. The Bertz CT molecular complexity index is 1370. The van der Waals surface area contributed by atoms with Gasteiger partial charge in [-0.2, -0.15) is 10.1 Å². The molecule has 0 saturated heterocycles. The van der Waals surface area contributed by atoms with Gasteiger partial charge in [-0.25, -0.2) is 14.4 Å². The minimum atomic E-state index is -0.266. The van der Waals surface area contributed by atoms with Crippen LogP contribution >= 0.6 is 0 Å². The van der Waals surface area contributed by atoms with E-state index in [0.717, 1.165) is 27.7 Å². The number of hydrogen-bond donors (Lipinski definition) is 2. The first-order valence-corrected chi connectivity index (χ1v) is 9.93. The quantitative estimate of drug-likeness (QED) is 0.418. The summed E-state index contributed by atoms with van der Waals surface area (Å²) in [5.74, 6) is 0.577. The van der Waals surface area contributed by atoms with E-state index < -0.39 is 0 Å². The van der Waals surface area contributed by atoms with Crippen molar-refractivity contribution in [2.45, 2.75) is 13.5 Å². The summed E-state index contributed by atoms with van der Waals surface area (Å²) in [5, 5.41) is 11.2. The van der Waals surface area contributed by atoms with Gasteiger partial charge in [-0.05, 0) is 48.9 Å². The van der Waals surface area contributed by atoms with Crippen LogP contribution < -0.4 is 10.1 Å². The van der Waals surface area contributed by atoms with Crippen LogP contribution in [0.1, 0.15) is 12.5 Å². The second-order valence-electron chi connectivity index (χ2n) is 7.00. The van der Waals surface area contributed by atoms with Crippen molar-refractivity contribution in [2.24, 2.45) is 0 Å². The molecule has 0 unspecified atom stereocenters. The number of pyridine rings is 1. The van der Waals surface area contributed by atoms with Crippen LogP contribution in [0.2, 0.25) is 0 Å². The molecule has 2 N–H and O–H groups in total. The fourth-order valence-electron chi connectivity index (χ4n) is 3.35. The Morgan fingerprint density at radius 3 is 2.71 bits per heavy atom. The second-order valence-corrected chi connectivity index (χ2v) is 7.00. The van der Waals surface area contributed by atoms with Gasteiger partial charge in [0.2, 0.25) is 11.8 Å². The van der Waals surface area contributed by atoms with Gasteiger partial charge in [0.05, 0.1) is 29.5 Å². The molecule has 8 heteroatoms. The monoisotopic (exact) mass is 414 g/mol. The van der Waals surface area contributed by atoms with E-state index in [1.54, 1.807) is 18.3 Å². The van der Waals surface area contributed by atoms with Gasteiger partial charge in [0.1, 0.15) is 5.82 Å². The molecule has 5 aromatic rings. The van der Waals surface area contributed by atoms with Crippen LogP contribution in [0.5, 0.6) is 5.88 Å². The number of benzene rings is 2. The van der Waals surface area contributed by atoms with E-state index in [2.05, 4.69) is 25.5 Å². The van der Waals surface area contributed by atoms with Gasteiger partial charge >= 0.3 is 0 Å². The number of aromatic amines is 1. The van der Waals surface area contributed by atoms with Crippen LogP contribution in [0.3, 0.4) is 0 Å². The molecule has 0 aliphatic heterocycles. The highest BCUT2D eigenvalue weighted by atomic mass is 19.1. The standard InChI is InChI=1S/C23H19FN6O/c1-2-31-22-21-20(28-23(29-22)25-12-14-3-6-17(24)7-4-14)10-9-18(27-21)15-5-8-19-16(11-15)13-26-30-19/h3-11,13H,2,12H2,1H3,(H,26,30)(H,25,28,29). The maximum absolute atomic E-state index is 13.1. The molecule has 0 bridgehead atoms. The number of fused-ring (bicyclic) bond motifs is 2. The van der Waals surface area contributed by atoms with Crippen LogP contribution in [0.4, 0.5) is 10.3 Å². The molecule has 3 heterocycles. The molecular weight excluding hydrogens is 395 g/mol. The lowest BCUT2D eigenvalue weighted by Gasteiger charge is -2.11. The summed E-state index contributed by atoms with van der Waals surface area (Å²) < 4.78 is 18.9.